The highest BCUT2D eigenvalue weighted by Gasteiger charge is 2.68. The molecule has 0 saturated carbocycles. The molecular weight excluding hydrogens is 268 g/mol. The van der Waals surface area contributed by atoms with Gasteiger partial charge in [0.15, 0.2) is 6.04 Å². The molecule has 0 spiro atoms. The van der Waals surface area contributed by atoms with E-state index < -0.39 is 54.0 Å². The molecule has 8 heteroatoms. The molecule has 5 atom stereocenters. The number of carboxylic acids is 2. The van der Waals surface area contributed by atoms with E-state index in [2.05, 4.69) is 10.6 Å². The average molecular weight is 282 g/mol. The van der Waals surface area contributed by atoms with Crippen LogP contribution >= 0.6 is 0 Å². The number of carboxylic acid groups (broad SMARTS) is 2. The van der Waals surface area contributed by atoms with Crippen LogP contribution in [0.2, 0.25) is 0 Å². The number of aliphatic carboxylic acids is 2. The van der Waals surface area contributed by atoms with Gasteiger partial charge in [-0.1, -0.05) is 12.2 Å². The summed E-state index contributed by atoms with van der Waals surface area (Å²) in [5.74, 6) is -3.78. The fourth-order valence-corrected chi connectivity index (χ4v) is 3.44. The first kappa shape index (κ1) is 13.1. The van der Waals surface area contributed by atoms with E-state index in [9.17, 15) is 19.5 Å². The Balaban J connectivity index is 2.05. The van der Waals surface area contributed by atoms with E-state index in [0.29, 0.717) is 6.54 Å². The van der Waals surface area contributed by atoms with Crippen LogP contribution in [0.25, 0.3) is 0 Å². The zero-order valence-electron chi connectivity index (χ0n) is 10.4. The predicted octanol–water partition coefficient (Wildman–Crippen LogP) is -1.67. The number of carbonyl (C=O) groups excluding carboxylic acids is 1. The second kappa shape index (κ2) is 4.29. The van der Waals surface area contributed by atoms with Crippen molar-refractivity contribution in [3.8, 4) is 0 Å². The van der Waals surface area contributed by atoms with Crippen molar-refractivity contribution in [3.05, 3.63) is 12.2 Å². The van der Waals surface area contributed by atoms with E-state index in [1.807, 2.05) is 6.08 Å². The maximum absolute atomic E-state index is 12.1. The minimum Gasteiger partial charge on any atom is -0.481 e. The maximum Gasteiger partial charge on any atom is 0.329 e. The molecule has 0 bridgehead atoms. The highest BCUT2D eigenvalue weighted by molar-refractivity contribution is 5.94. The van der Waals surface area contributed by atoms with Gasteiger partial charge in [0.05, 0.1) is 24.5 Å². The topological polar surface area (TPSA) is 125 Å². The molecule has 1 unspecified atom stereocenters. The second-order valence-corrected chi connectivity index (χ2v) is 5.23. The number of amides is 1. The van der Waals surface area contributed by atoms with E-state index in [1.54, 1.807) is 6.08 Å². The first-order chi connectivity index (χ1) is 9.45. The van der Waals surface area contributed by atoms with E-state index in [0.717, 1.165) is 0 Å². The number of hydrogen-bond donors (Lipinski definition) is 4. The molecule has 20 heavy (non-hydrogen) atoms. The van der Waals surface area contributed by atoms with E-state index in [1.165, 1.54) is 0 Å². The lowest BCUT2D eigenvalue weighted by Crippen LogP contribution is -2.52. The van der Waals surface area contributed by atoms with Gasteiger partial charge in [-0.05, 0) is 0 Å². The smallest absolute Gasteiger partial charge is 0.329 e. The van der Waals surface area contributed by atoms with Gasteiger partial charge in [0.25, 0.3) is 0 Å². The Hall–Kier alpha value is -1.93. The van der Waals surface area contributed by atoms with Crippen molar-refractivity contribution in [2.24, 2.45) is 5.92 Å². The lowest BCUT2D eigenvalue weighted by Gasteiger charge is -2.29. The van der Waals surface area contributed by atoms with Crippen LogP contribution in [-0.2, 0) is 19.1 Å². The second-order valence-electron chi connectivity index (χ2n) is 5.23. The van der Waals surface area contributed by atoms with Gasteiger partial charge in [-0.2, -0.15) is 0 Å². The predicted molar refractivity (Wildman–Crippen MR) is 63.8 cm³/mol. The summed E-state index contributed by atoms with van der Waals surface area (Å²) in [6, 6.07) is -1.75. The monoisotopic (exact) mass is 282 g/mol. The first-order valence-corrected chi connectivity index (χ1v) is 6.28. The van der Waals surface area contributed by atoms with Crippen molar-refractivity contribution >= 4 is 17.8 Å². The van der Waals surface area contributed by atoms with Gasteiger partial charge in [-0.15, -0.1) is 0 Å². The summed E-state index contributed by atoms with van der Waals surface area (Å²) in [6.45, 7) is 0.537. The number of nitrogens with one attached hydrogen (secondary N) is 2. The largest absolute Gasteiger partial charge is 0.481 e. The third-order valence-corrected chi connectivity index (χ3v) is 4.12. The molecule has 3 aliphatic rings. The van der Waals surface area contributed by atoms with Crippen LogP contribution in [0, 0.1) is 5.92 Å². The van der Waals surface area contributed by atoms with Crippen molar-refractivity contribution in [2.75, 3.05) is 6.54 Å². The van der Waals surface area contributed by atoms with Crippen molar-refractivity contribution in [3.63, 3.8) is 0 Å². The molecule has 0 aliphatic carbocycles. The minimum absolute atomic E-state index is 0.399. The molecular formula is C12H14N2O6. The number of hydrogen-bond acceptors (Lipinski definition) is 5. The van der Waals surface area contributed by atoms with E-state index >= 15 is 0 Å². The Bertz CT molecular complexity index is 518. The van der Waals surface area contributed by atoms with E-state index in [4.69, 9.17) is 9.84 Å². The highest BCUT2D eigenvalue weighted by Crippen LogP contribution is 2.46. The number of ether oxygens (including phenoxy) is 1. The van der Waals surface area contributed by atoms with Gasteiger partial charge in [0.1, 0.15) is 5.60 Å². The van der Waals surface area contributed by atoms with Crippen LogP contribution < -0.4 is 10.6 Å². The Morgan fingerprint density at radius 1 is 1.45 bits per heavy atom. The molecule has 0 aromatic rings. The van der Waals surface area contributed by atoms with Crippen LogP contribution in [0.4, 0.5) is 0 Å². The number of fused-ring (bicyclic) bond motifs is 3. The van der Waals surface area contributed by atoms with Crippen molar-refractivity contribution < 1.29 is 29.3 Å². The van der Waals surface area contributed by atoms with Gasteiger partial charge in [0.2, 0.25) is 5.91 Å². The van der Waals surface area contributed by atoms with Crippen LogP contribution in [-0.4, -0.2) is 58.4 Å². The Kier molecular flexibility index (Phi) is 2.80. The zero-order chi connectivity index (χ0) is 14.5. The number of carbonyl (C=O) groups is 3. The molecule has 3 aliphatic heterocycles. The summed E-state index contributed by atoms with van der Waals surface area (Å²) in [6.07, 6.45) is 2.54. The van der Waals surface area contributed by atoms with Gasteiger partial charge in [-0.3, -0.25) is 9.59 Å². The molecule has 8 nitrogen and oxygen atoms in total. The fourth-order valence-electron chi connectivity index (χ4n) is 3.44. The van der Waals surface area contributed by atoms with Crippen LogP contribution in [0.5, 0.6) is 0 Å². The summed E-state index contributed by atoms with van der Waals surface area (Å²) in [4.78, 5) is 34.6. The zero-order valence-corrected chi connectivity index (χ0v) is 10.4. The van der Waals surface area contributed by atoms with Crippen molar-refractivity contribution in [1.82, 2.24) is 10.6 Å². The van der Waals surface area contributed by atoms with Gasteiger partial charge in [0, 0.05) is 6.54 Å². The summed E-state index contributed by atoms with van der Waals surface area (Å²) in [7, 11) is 0. The fraction of sp³-hybridized carbons (Fsp3) is 0.583. The molecule has 0 radical (unpaired) electrons. The van der Waals surface area contributed by atoms with Gasteiger partial charge < -0.3 is 25.6 Å². The Labute approximate surface area is 113 Å². The summed E-state index contributed by atoms with van der Waals surface area (Å²) in [5, 5.41) is 23.8. The van der Waals surface area contributed by atoms with Crippen LogP contribution in [0.1, 0.15) is 6.42 Å². The molecule has 2 fully saturated rings. The van der Waals surface area contributed by atoms with E-state index in [-0.39, 0.29) is 0 Å². The summed E-state index contributed by atoms with van der Waals surface area (Å²) < 4.78 is 5.74. The molecule has 1 amide bonds. The standard InChI is InChI=1S/C12H14N2O6/c15-6(16)4-12-7(10(17)14-9(12)11(18)19)8-5(20-12)2-1-3-13-8/h1-2,5,7-9,13H,3-4H2,(H,14,17)(H,15,16)(H,18,19)/t5-,7+,8+,9?,12+/m0/s1. The molecule has 108 valence electrons. The SMILES string of the molecule is O=C(O)C[C@@]12O[C@H]3C=CCN[C@H]3[C@@H]1C(=O)NC2C(=O)O. The third-order valence-electron chi connectivity index (χ3n) is 4.12. The summed E-state index contributed by atoms with van der Waals surface area (Å²) >= 11 is 0. The quantitative estimate of drug-likeness (QED) is 0.456. The lowest BCUT2D eigenvalue weighted by molar-refractivity contribution is -0.155. The highest BCUT2D eigenvalue weighted by atomic mass is 16.5. The van der Waals surface area contributed by atoms with Crippen molar-refractivity contribution in [1.29, 1.82) is 0 Å². The normalized spacial score (nSPS) is 41.9. The lowest BCUT2D eigenvalue weighted by atomic mass is 9.79. The molecule has 0 aromatic heterocycles. The maximum atomic E-state index is 12.1. The summed E-state index contributed by atoms with van der Waals surface area (Å²) in [5.41, 5.74) is -1.55. The Morgan fingerprint density at radius 3 is 2.85 bits per heavy atom. The molecule has 4 N–H and O–H groups in total. The van der Waals surface area contributed by atoms with Gasteiger partial charge >= 0.3 is 11.9 Å². The minimum atomic E-state index is -1.55. The molecule has 0 aromatic carbocycles. The molecule has 2 saturated heterocycles. The van der Waals surface area contributed by atoms with Gasteiger partial charge in [-0.25, -0.2) is 4.79 Å². The molecule has 3 rings (SSSR count). The molecule has 3 heterocycles. The van der Waals surface area contributed by atoms with Crippen LogP contribution in [0.3, 0.4) is 0 Å². The Morgan fingerprint density at radius 2 is 2.20 bits per heavy atom. The first-order valence-electron chi connectivity index (χ1n) is 6.28. The van der Waals surface area contributed by atoms with Crippen LogP contribution in [0.15, 0.2) is 12.2 Å². The van der Waals surface area contributed by atoms with Crippen molar-refractivity contribution in [2.45, 2.75) is 30.2 Å². The number of rotatable bonds is 3. The third kappa shape index (κ3) is 1.65. The average Bonchev–Trinajstić information content (AvgIpc) is 2.81.